The lowest BCUT2D eigenvalue weighted by atomic mass is 9.95. The van der Waals surface area contributed by atoms with Crippen LogP contribution in [0.1, 0.15) is 39.0 Å². The molecule has 1 saturated heterocycles. The van der Waals surface area contributed by atoms with Crippen molar-refractivity contribution in [1.29, 1.82) is 0 Å². The number of rotatable bonds is 6. The van der Waals surface area contributed by atoms with Gasteiger partial charge < -0.3 is 10.2 Å². The maximum atomic E-state index is 12.3. The van der Waals surface area contributed by atoms with Gasteiger partial charge in [-0.1, -0.05) is 19.8 Å². The zero-order valence-corrected chi connectivity index (χ0v) is 16.3. The van der Waals surface area contributed by atoms with E-state index in [2.05, 4.69) is 43.0 Å². The van der Waals surface area contributed by atoms with Crippen molar-refractivity contribution in [3.8, 4) is 0 Å². The van der Waals surface area contributed by atoms with Gasteiger partial charge in [0.05, 0.1) is 11.2 Å². The fourth-order valence-corrected chi connectivity index (χ4v) is 3.68. The second kappa shape index (κ2) is 8.61. The number of carbonyl (C=O) groups is 1. The number of hydrogen-bond acceptors (Lipinski definition) is 4. The Morgan fingerprint density at radius 2 is 2.12 bits per heavy atom. The Hall–Kier alpha value is -1.69. The second-order valence-corrected chi connectivity index (χ2v) is 7.53. The third-order valence-corrected chi connectivity index (χ3v) is 5.24. The Morgan fingerprint density at radius 1 is 1.32 bits per heavy atom. The number of unbranched alkanes of at least 4 members (excludes halogenated alkanes) is 2. The van der Waals surface area contributed by atoms with Crippen molar-refractivity contribution in [2.24, 2.45) is 5.92 Å². The van der Waals surface area contributed by atoms with Crippen LogP contribution in [0.15, 0.2) is 29.0 Å². The molecule has 2 aromatic heterocycles. The van der Waals surface area contributed by atoms with Crippen LogP contribution in [-0.2, 0) is 4.79 Å². The van der Waals surface area contributed by atoms with Crippen LogP contribution in [0, 0.1) is 5.92 Å². The van der Waals surface area contributed by atoms with E-state index in [-0.39, 0.29) is 11.8 Å². The Labute approximate surface area is 157 Å². The van der Waals surface area contributed by atoms with E-state index in [4.69, 9.17) is 0 Å². The summed E-state index contributed by atoms with van der Waals surface area (Å²) in [4.78, 5) is 23.6. The van der Waals surface area contributed by atoms with E-state index in [0.717, 1.165) is 60.1 Å². The number of aromatic nitrogens is 2. The summed E-state index contributed by atoms with van der Waals surface area (Å²) >= 11 is 3.45. The predicted molar refractivity (Wildman–Crippen MR) is 105 cm³/mol. The molecule has 3 rings (SSSR count). The molecule has 0 radical (unpaired) electrons. The number of carbonyl (C=O) groups excluding carboxylic acids is 1. The van der Waals surface area contributed by atoms with Crippen LogP contribution in [0.5, 0.6) is 0 Å². The number of fused-ring (bicyclic) bond motifs is 1. The molecule has 1 aliphatic heterocycles. The van der Waals surface area contributed by atoms with E-state index >= 15 is 0 Å². The van der Waals surface area contributed by atoms with Gasteiger partial charge in [0.15, 0.2) is 0 Å². The highest BCUT2D eigenvalue weighted by atomic mass is 79.9. The summed E-state index contributed by atoms with van der Waals surface area (Å²) in [5.41, 5.74) is 2.93. The summed E-state index contributed by atoms with van der Waals surface area (Å²) in [5.74, 6) is 0.352. The van der Waals surface area contributed by atoms with Crippen molar-refractivity contribution < 1.29 is 4.79 Å². The molecule has 0 aliphatic carbocycles. The van der Waals surface area contributed by atoms with Gasteiger partial charge in [0.25, 0.3) is 0 Å². The van der Waals surface area contributed by atoms with Crippen molar-refractivity contribution >= 4 is 38.6 Å². The third kappa shape index (κ3) is 4.48. The molecule has 0 unspecified atom stereocenters. The predicted octanol–water partition coefficient (Wildman–Crippen LogP) is 3.92. The molecule has 0 spiro atoms. The van der Waals surface area contributed by atoms with Crippen molar-refractivity contribution in [3.63, 3.8) is 0 Å². The molecule has 0 bridgehead atoms. The normalized spacial score (nSPS) is 15.5. The van der Waals surface area contributed by atoms with Gasteiger partial charge in [0, 0.05) is 42.4 Å². The third-order valence-electron chi connectivity index (χ3n) is 4.81. The fraction of sp³-hybridized carbons (Fsp3) is 0.526. The number of hydrogen-bond donors (Lipinski definition) is 1. The van der Waals surface area contributed by atoms with Gasteiger partial charge in [-0.15, -0.1) is 0 Å². The number of nitrogens with one attached hydrogen (secondary N) is 1. The van der Waals surface area contributed by atoms with Crippen LogP contribution >= 0.6 is 15.9 Å². The SMILES string of the molecule is CCCCCNC(=O)C1CCN(c2ccnc3cc(Br)cnc23)CC1. The molecular formula is C19H25BrN4O. The number of halogens is 1. The average Bonchev–Trinajstić information content (AvgIpc) is 2.64. The molecule has 6 heteroatoms. The highest BCUT2D eigenvalue weighted by Crippen LogP contribution is 2.29. The molecule has 0 aromatic carbocycles. The summed E-state index contributed by atoms with van der Waals surface area (Å²) in [6.07, 6.45) is 8.85. The maximum absolute atomic E-state index is 12.3. The zero-order valence-electron chi connectivity index (χ0n) is 14.7. The van der Waals surface area contributed by atoms with Gasteiger partial charge in [-0.2, -0.15) is 0 Å². The molecule has 25 heavy (non-hydrogen) atoms. The van der Waals surface area contributed by atoms with Gasteiger partial charge in [-0.05, 0) is 47.3 Å². The number of pyridine rings is 2. The van der Waals surface area contributed by atoms with Crippen molar-refractivity contribution in [1.82, 2.24) is 15.3 Å². The van der Waals surface area contributed by atoms with Gasteiger partial charge in [-0.3, -0.25) is 14.8 Å². The molecule has 5 nitrogen and oxygen atoms in total. The smallest absolute Gasteiger partial charge is 0.223 e. The standard InChI is InChI=1S/C19H25BrN4O/c1-2-3-4-8-22-19(25)14-6-10-24(11-7-14)17-5-9-21-16-12-15(20)13-23-18(16)17/h5,9,12-14H,2-4,6-8,10-11H2,1H3,(H,22,25). The van der Waals surface area contributed by atoms with Gasteiger partial charge >= 0.3 is 0 Å². The number of amides is 1. The largest absolute Gasteiger partial charge is 0.370 e. The molecule has 1 amide bonds. The van der Waals surface area contributed by atoms with E-state index in [1.54, 1.807) is 0 Å². The van der Waals surface area contributed by atoms with Gasteiger partial charge in [0.2, 0.25) is 5.91 Å². The minimum atomic E-state index is 0.132. The molecule has 3 heterocycles. The Bertz CT molecular complexity index is 728. The molecule has 134 valence electrons. The van der Waals surface area contributed by atoms with Gasteiger partial charge in [-0.25, -0.2) is 0 Å². The van der Waals surface area contributed by atoms with Crippen LogP contribution in [0.25, 0.3) is 11.0 Å². The summed E-state index contributed by atoms with van der Waals surface area (Å²) < 4.78 is 0.933. The van der Waals surface area contributed by atoms with Crippen LogP contribution in [0.3, 0.4) is 0 Å². The van der Waals surface area contributed by atoms with E-state index in [9.17, 15) is 4.79 Å². The van der Waals surface area contributed by atoms with Crippen LogP contribution < -0.4 is 10.2 Å². The average molecular weight is 405 g/mol. The fourth-order valence-electron chi connectivity index (χ4n) is 3.36. The summed E-state index contributed by atoms with van der Waals surface area (Å²) in [6, 6.07) is 4.01. The second-order valence-electron chi connectivity index (χ2n) is 6.61. The highest BCUT2D eigenvalue weighted by molar-refractivity contribution is 9.10. The van der Waals surface area contributed by atoms with Crippen molar-refractivity contribution in [2.45, 2.75) is 39.0 Å². The summed E-state index contributed by atoms with van der Waals surface area (Å²) in [6.45, 7) is 4.74. The minimum Gasteiger partial charge on any atom is -0.370 e. The lowest BCUT2D eigenvalue weighted by molar-refractivity contribution is -0.125. The first-order valence-electron chi connectivity index (χ1n) is 9.12. The first-order chi connectivity index (χ1) is 12.2. The van der Waals surface area contributed by atoms with E-state index < -0.39 is 0 Å². The molecule has 2 aromatic rings. The Kier molecular flexibility index (Phi) is 6.24. The van der Waals surface area contributed by atoms with Crippen LogP contribution in [0.4, 0.5) is 5.69 Å². The van der Waals surface area contributed by atoms with Crippen molar-refractivity contribution in [2.75, 3.05) is 24.5 Å². The lowest BCUT2D eigenvalue weighted by Gasteiger charge is -2.33. The van der Waals surface area contributed by atoms with E-state index in [1.807, 2.05) is 24.5 Å². The molecule has 1 aliphatic rings. The van der Waals surface area contributed by atoms with Crippen LogP contribution in [-0.4, -0.2) is 35.5 Å². The van der Waals surface area contributed by atoms with E-state index in [0.29, 0.717) is 0 Å². The monoisotopic (exact) mass is 404 g/mol. The quantitative estimate of drug-likeness (QED) is 0.741. The lowest BCUT2D eigenvalue weighted by Crippen LogP contribution is -2.41. The summed E-state index contributed by atoms with van der Waals surface area (Å²) in [5, 5.41) is 3.09. The molecular weight excluding hydrogens is 380 g/mol. The zero-order chi connectivity index (χ0) is 17.6. The van der Waals surface area contributed by atoms with Gasteiger partial charge in [0.1, 0.15) is 5.52 Å². The molecule has 0 atom stereocenters. The number of nitrogens with zero attached hydrogens (tertiary/aromatic N) is 3. The van der Waals surface area contributed by atoms with Crippen molar-refractivity contribution in [3.05, 3.63) is 29.0 Å². The topological polar surface area (TPSA) is 58.1 Å². The molecule has 1 fully saturated rings. The first kappa shape index (κ1) is 18.1. The maximum Gasteiger partial charge on any atom is 0.223 e. The Balaban J connectivity index is 1.60. The number of anilines is 1. The number of piperidine rings is 1. The Morgan fingerprint density at radius 3 is 2.88 bits per heavy atom. The molecule has 0 saturated carbocycles. The molecule has 1 N–H and O–H groups in total. The first-order valence-corrected chi connectivity index (χ1v) is 9.91. The minimum absolute atomic E-state index is 0.132. The van der Waals surface area contributed by atoms with Crippen LogP contribution in [0.2, 0.25) is 0 Å². The summed E-state index contributed by atoms with van der Waals surface area (Å²) in [7, 11) is 0. The highest BCUT2D eigenvalue weighted by Gasteiger charge is 2.25. The van der Waals surface area contributed by atoms with E-state index in [1.165, 1.54) is 12.8 Å².